The first-order valence-corrected chi connectivity index (χ1v) is 20.6. The SMILES string of the molecule is C=CC(=O)OCCC[C@H]1CC[C@H]([C@H]2CC[C@H](CO[C@@H]3OCCO[C@H]3OC[C@H]3CC[C@H]([C@H]4CC[C@H](CCCOC(=O)C=C)CC4)CC3)CC2)CC1. The third-order valence-electron chi connectivity index (χ3n) is 13.1. The monoisotopic (exact) mass is 700 g/mol. The summed E-state index contributed by atoms with van der Waals surface area (Å²) in [5, 5.41) is 0. The molecule has 0 aromatic heterocycles. The molecule has 0 unspecified atom stereocenters. The van der Waals surface area contributed by atoms with Crippen LogP contribution in [0.25, 0.3) is 0 Å². The molecule has 0 aromatic carbocycles. The molecule has 0 aromatic rings. The second-order valence-corrected chi connectivity index (χ2v) is 16.3. The van der Waals surface area contributed by atoms with Gasteiger partial charge in [0, 0.05) is 12.2 Å². The molecule has 0 bridgehead atoms. The fourth-order valence-corrected chi connectivity index (χ4v) is 9.96. The molecule has 4 aliphatic carbocycles. The van der Waals surface area contributed by atoms with Crippen LogP contribution < -0.4 is 0 Å². The molecular formula is C42H68O8. The molecule has 1 saturated heterocycles. The van der Waals surface area contributed by atoms with Gasteiger partial charge in [-0.05, 0) is 150 Å². The van der Waals surface area contributed by atoms with E-state index in [0.717, 1.165) is 61.6 Å². The maximum atomic E-state index is 11.2. The summed E-state index contributed by atoms with van der Waals surface area (Å²) in [6.07, 6.45) is 26.9. The van der Waals surface area contributed by atoms with E-state index in [1.54, 1.807) is 0 Å². The summed E-state index contributed by atoms with van der Waals surface area (Å²) in [5.74, 6) is 5.64. The molecule has 5 fully saturated rings. The zero-order valence-corrected chi connectivity index (χ0v) is 31.0. The number of carbonyl (C=O) groups is 2. The van der Waals surface area contributed by atoms with Crippen LogP contribution in [-0.2, 0) is 38.0 Å². The lowest BCUT2D eigenvalue weighted by Crippen LogP contribution is -2.43. The standard InChI is InChI=1S/C42H68O8/c1-3-39(43)45-25-5-7-31-9-17-35(18-10-31)37-21-13-33(14-22-37)29-49-41-42(48-28-27-47-41)50-30-34-15-23-38(24-16-34)36-19-11-32(12-20-36)8-6-26-46-40(44)4-2/h3-4,31-38,41-42H,1-2,5-30H2/t31-,32-,33-,34-,35-,36-,37-,38-,41-,42-/m0/s1. The fourth-order valence-electron chi connectivity index (χ4n) is 9.96. The first kappa shape index (κ1) is 39.5. The maximum Gasteiger partial charge on any atom is 0.330 e. The minimum absolute atomic E-state index is 0.309. The van der Waals surface area contributed by atoms with Crippen LogP contribution in [0.4, 0.5) is 0 Å². The van der Waals surface area contributed by atoms with Crippen molar-refractivity contribution in [1.82, 2.24) is 0 Å². The lowest BCUT2D eigenvalue weighted by atomic mass is 9.69. The molecule has 8 heteroatoms. The fraction of sp³-hybridized carbons (Fsp3) is 0.857. The van der Waals surface area contributed by atoms with Gasteiger partial charge in [0.2, 0.25) is 12.6 Å². The van der Waals surface area contributed by atoms with E-state index >= 15 is 0 Å². The number of esters is 2. The largest absolute Gasteiger partial charge is 0.463 e. The average Bonchev–Trinajstić information content (AvgIpc) is 3.17. The Kier molecular flexibility index (Phi) is 17.1. The topological polar surface area (TPSA) is 89.5 Å². The highest BCUT2D eigenvalue weighted by molar-refractivity contribution is 5.81. The summed E-state index contributed by atoms with van der Waals surface area (Å²) in [6, 6.07) is 0. The summed E-state index contributed by atoms with van der Waals surface area (Å²) >= 11 is 0. The van der Waals surface area contributed by atoms with Crippen LogP contribution in [-0.4, -0.2) is 64.2 Å². The lowest BCUT2D eigenvalue weighted by molar-refractivity contribution is -0.325. The van der Waals surface area contributed by atoms with Gasteiger partial charge in [0.25, 0.3) is 0 Å². The first-order valence-electron chi connectivity index (χ1n) is 20.6. The van der Waals surface area contributed by atoms with Crippen LogP contribution in [0.3, 0.4) is 0 Å². The minimum atomic E-state index is -0.419. The van der Waals surface area contributed by atoms with Gasteiger partial charge in [-0.2, -0.15) is 0 Å². The van der Waals surface area contributed by atoms with Gasteiger partial charge in [-0.25, -0.2) is 9.59 Å². The Balaban J connectivity index is 0.903. The van der Waals surface area contributed by atoms with E-state index in [0.29, 0.717) is 38.3 Å². The molecule has 0 radical (unpaired) electrons. The first-order chi connectivity index (χ1) is 24.5. The highest BCUT2D eigenvalue weighted by atomic mass is 16.8. The van der Waals surface area contributed by atoms with E-state index in [-0.39, 0.29) is 11.9 Å². The van der Waals surface area contributed by atoms with Crippen molar-refractivity contribution in [3.63, 3.8) is 0 Å². The van der Waals surface area contributed by atoms with Crippen LogP contribution >= 0.6 is 0 Å². The zero-order valence-electron chi connectivity index (χ0n) is 31.0. The van der Waals surface area contributed by atoms with Crippen LogP contribution in [0.2, 0.25) is 0 Å². The third kappa shape index (κ3) is 13.0. The lowest BCUT2D eigenvalue weighted by Gasteiger charge is -2.39. The van der Waals surface area contributed by atoms with E-state index in [4.69, 9.17) is 28.4 Å². The Bertz CT molecular complexity index is 919. The van der Waals surface area contributed by atoms with Crippen LogP contribution in [0.5, 0.6) is 0 Å². The highest BCUT2D eigenvalue weighted by Gasteiger charge is 2.35. The Labute approximate surface area is 302 Å². The Hall–Kier alpha value is -1.74. The summed E-state index contributed by atoms with van der Waals surface area (Å²) in [7, 11) is 0. The number of carbonyl (C=O) groups excluding carboxylic acids is 2. The van der Waals surface area contributed by atoms with Crippen molar-refractivity contribution < 1.29 is 38.0 Å². The minimum Gasteiger partial charge on any atom is -0.463 e. The molecule has 4 saturated carbocycles. The summed E-state index contributed by atoms with van der Waals surface area (Å²) in [5.41, 5.74) is 0. The predicted molar refractivity (Wildman–Crippen MR) is 194 cm³/mol. The average molecular weight is 701 g/mol. The van der Waals surface area contributed by atoms with Gasteiger partial charge >= 0.3 is 11.9 Å². The molecule has 1 heterocycles. The Morgan fingerprint density at radius 2 is 0.820 bits per heavy atom. The van der Waals surface area contributed by atoms with E-state index in [1.165, 1.54) is 128 Å². The van der Waals surface area contributed by atoms with Crippen molar-refractivity contribution in [2.75, 3.05) is 39.6 Å². The van der Waals surface area contributed by atoms with Gasteiger partial charge in [-0.1, -0.05) is 38.8 Å². The predicted octanol–water partition coefficient (Wildman–Crippen LogP) is 8.96. The zero-order chi connectivity index (χ0) is 35.0. The summed E-state index contributed by atoms with van der Waals surface area (Å²) < 4.78 is 35.1. The van der Waals surface area contributed by atoms with E-state index in [9.17, 15) is 9.59 Å². The normalized spacial score (nSPS) is 35.1. The third-order valence-corrected chi connectivity index (χ3v) is 13.1. The van der Waals surface area contributed by atoms with Gasteiger partial charge in [0.1, 0.15) is 0 Å². The van der Waals surface area contributed by atoms with Crippen molar-refractivity contribution in [3.8, 4) is 0 Å². The molecule has 284 valence electrons. The molecule has 5 aliphatic rings. The number of hydrogen-bond donors (Lipinski definition) is 0. The molecule has 0 amide bonds. The molecule has 1 aliphatic heterocycles. The van der Waals surface area contributed by atoms with E-state index in [2.05, 4.69) is 13.2 Å². The molecule has 8 nitrogen and oxygen atoms in total. The van der Waals surface area contributed by atoms with Gasteiger partial charge in [-0.15, -0.1) is 0 Å². The van der Waals surface area contributed by atoms with Gasteiger partial charge in [0.05, 0.1) is 39.6 Å². The number of hydrogen-bond acceptors (Lipinski definition) is 8. The molecule has 5 rings (SSSR count). The smallest absolute Gasteiger partial charge is 0.330 e. The molecular weight excluding hydrogens is 632 g/mol. The van der Waals surface area contributed by atoms with Crippen LogP contribution in [0.1, 0.15) is 128 Å². The highest BCUT2D eigenvalue weighted by Crippen LogP contribution is 2.44. The quantitative estimate of drug-likeness (QED) is 0.0796. The molecule has 0 N–H and O–H groups in total. The van der Waals surface area contributed by atoms with E-state index < -0.39 is 12.6 Å². The second kappa shape index (κ2) is 21.7. The van der Waals surface area contributed by atoms with Crippen molar-refractivity contribution in [2.24, 2.45) is 47.3 Å². The number of ether oxygens (including phenoxy) is 6. The van der Waals surface area contributed by atoms with Gasteiger partial charge in [0.15, 0.2) is 0 Å². The summed E-state index contributed by atoms with van der Waals surface area (Å²) in [4.78, 5) is 22.5. The number of rotatable bonds is 18. The van der Waals surface area contributed by atoms with Gasteiger partial charge < -0.3 is 28.4 Å². The maximum absolute atomic E-state index is 11.2. The molecule has 50 heavy (non-hydrogen) atoms. The second-order valence-electron chi connectivity index (χ2n) is 16.3. The molecule has 0 spiro atoms. The van der Waals surface area contributed by atoms with Crippen LogP contribution in [0, 0.1) is 47.3 Å². The Morgan fingerprint density at radius 3 is 1.14 bits per heavy atom. The van der Waals surface area contributed by atoms with Crippen molar-refractivity contribution in [1.29, 1.82) is 0 Å². The Morgan fingerprint density at radius 1 is 0.500 bits per heavy atom. The summed E-state index contributed by atoms with van der Waals surface area (Å²) in [6.45, 7) is 10.6. The molecule has 2 atom stereocenters. The van der Waals surface area contributed by atoms with E-state index in [1.807, 2.05) is 0 Å². The van der Waals surface area contributed by atoms with Crippen molar-refractivity contribution in [2.45, 2.75) is 141 Å². The van der Waals surface area contributed by atoms with Crippen molar-refractivity contribution in [3.05, 3.63) is 25.3 Å². The van der Waals surface area contributed by atoms with Crippen molar-refractivity contribution >= 4 is 11.9 Å². The van der Waals surface area contributed by atoms with Crippen LogP contribution in [0.15, 0.2) is 25.3 Å². The van der Waals surface area contributed by atoms with Gasteiger partial charge in [-0.3, -0.25) is 0 Å².